The fourth-order valence-corrected chi connectivity index (χ4v) is 4.93. The van der Waals surface area contributed by atoms with Crippen molar-refractivity contribution in [3.05, 3.63) is 53.1 Å². The van der Waals surface area contributed by atoms with Crippen LogP contribution in [-0.4, -0.2) is 23.4 Å². The molecule has 0 radical (unpaired) electrons. The summed E-state index contributed by atoms with van der Waals surface area (Å²) in [6, 6.07) is 9.31. The molecule has 2 aromatic carbocycles. The molecule has 0 spiro atoms. The van der Waals surface area contributed by atoms with Gasteiger partial charge in [-0.15, -0.1) is 0 Å². The van der Waals surface area contributed by atoms with Crippen LogP contribution in [0.1, 0.15) is 16.7 Å². The summed E-state index contributed by atoms with van der Waals surface area (Å²) in [7, 11) is -7.49. The number of aryl methyl sites for hydroxylation is 2. The van der Waals surface area contributed by atoms with E-state index >= 15 is 0 Å². The average Bonchev–Trinajstić information content (AvgIpc) is 2.92. The normalized spacial score (nSPS) is 14.7. The highest BCUT2D eigenvalue weighted by molar-refractivity contribution is 7.92. The second-order valence-corrected chi connectivity index (χ2v) is 9.33. The zero-order valence-electron chi connectivity index (χ0n) is 13.4. The number of benzene rings is 2. The van der Waals surface area contributed by atoms with Gasteiger partial charge in [0.2, 0.25) is 10.0 Å². The zero-order chi connectivity index (χ0) is 17.7. The van der Waals surface area contributed by atoms with Crippen LogP contribution in [0.15, 0.2) is 46.2 Å². The Morgan fingerprint density at radius 3 is 2.21 bits per heavy atom. The van der Waals surface area contributed by atoms with Gasteiger partial charge in [-0.2, -0.15) is 0 Å². The summed E-state index contributed by atoms with van der Waals surface area (Å²) in [6.45, 7) is 4.06. The lowest BCUT2D eigenvalue weighted by atomic mass is 10.1. The molecule has 0 saturated carbocycles. The van der Waals surface area contributed by atoms with Gasteiger partial charge in [-0.3, -0.25) is 4.31 Å². The van der Waals surface area contributed by atoms with Crippen molar-refractivity contribution < 1.29 is 16.8 Å². The largest absolute Gasteiger partial charge is 0.266 e. The second kappa shape index (κ2) is 5.58. The van der Waals surface area contributed by atoms with Gasteiger partial charge in [0.25, 0.3) is 10.0 Å². The summed E-state index contributed by atoms with van der Waals surface area (Å²) in [6.07, 6.45) is 0.447. The molecular formula is C16H18N2O4S2. The fourth-order valence-electron chi connectivity index (χ4n) is 2.78. The molecule has 0 amide bonds. The Morgan fingerprint density at radius 2 is 1.58 bits per heavy atom. The van der Waals surface area contributed by atoms with Crippen LogP contribution < -0.4 is 9.44 Å². The molecule has 0 fully saturated rings. The molecule has 0 aliphatic carbocycles. The molecule has 6 nitrogen and oxygen atoms in total. The SMILES string of the molecule is Cc1ccc(S(=O)(=O)N2CCc3cc(S(N)(=O)=O)ccc32)cc1C. The van der Waals surface area contributed by atoms with Crippen LogP contribution in [0.25, 0.3) is 0 Å². The maximum absolute atomic E-state index is 12.9. The lowest BCUT2D eigenvalue weighted by Gasteiger charge is -2.20. The molecule has 0 saturated heterocycles. The average molecular weight is 366 g/mol. The van der Waals surface area contributed by atoms with E-state index in [9.17, 15) is 16.8 Å². The third kappa shape index (κ3) is 2.81. The van der Waals surface area contributed by atoms with Crippen molar-refractivity contribution >= 4 is 25.7 Å². The molecule has 8 heteroatoms. The molecule has 0 unspecified atom stereocenters. The van der Waals surface area contributed by atoms with Crippen molar-refractivity contribution in [3.8, 4) is 0 Å². The van der Waals surface area contributed by atoms with E-state index in [1.807, 2.05) is 13.8 Å². The lowest BCUT2D eigenvalue weighted by Crippen LogP contribution is -2.29. The zero-order valence-corrected chi connectivity index (χ0v) is 15.0. The minimum atomic E-state index is -3.81. The summed E-state index contributed by atoms with van der Waals surface area (Å²) in [5, 5.41) is 5.13. The number of hydrogen-bond donors (Lipinski definition) is 1. The monoisotopic (exact) mass is 366 g/mol. The Morgan fingerprint density at radius 1 is 0.917 bits per heavy atom. The van der Waals surface area contributed by atoms with Crippen LogP contribution in [0.3, 0.4) is 0 Å². The third-order valence-electron chi connectivity index (χ3n) is 4.30. The Balaban J connectivity index is 2.06. The quantitative estimate of drug-likeness (QED) is 0.894. The standard InChI is InChI=1S/C16H18N2O4S2/c1-11-3-4-15(9-12(11)2)24(21,22)18-8-7-13-10-14(23(17,19)20)5-6-16(13)18/h3-6,9-10H,7-8H2,1-2H3,(H2,17,19,20). The van der Waals surface area contributed by atoms with Crippen molar-refractivity contribution in [2.45, 2.75) is 30.1 Å². The number of primary sulfonamides is 1. The third-order valence-corrected chi connectivity index (χ3v) is 7.02. The first-order valence-corrected chi connectivity index (χ1v) is 10.3. The van der Waals surface area contributed by atoms with Crippen LogP contribution >= 0.6 is 0 Å². The first kappa shape index (κ1) is 16.9. The van der Waals surface area contributed by atoms with Gasteiger partial charge in [0.15, 0.2) is 0 Å². The minimum absolute atomic E-state index is 0.00771. The van der Waals surface area contributed by atoms with Crippen LogP contribution in [-0.2, 0) is 26.5 Å². The summed E-state index contributed by atoms with van der Waals surface area (Å²) in [5.41, 5.74) is 3.09. The number of rotatable bonds is 3. The van der Waals surface area contributed by atoms with E-state index in [2.05, 4.69) is 0 Å². The summed E-state index contributed by atoms with van der Waals surface area (Å²) in [5.74, 6) is 0. The molecule has 0 aromatic heterocycles. The molecule has 1 aliphatic heterocycles. The van der Waals surface area contributed by atoms with Gasteiger partial charge in [0.05, 0.1) is 15.5 Å². The molecular weight excluding hydrogens is 348 g/mol. The van der Waals surface area contributed by atoms with E-state index in [-0.39, 0.29) is 16.3 Å². The first-order valence-electron chi connectivity index (χ1n) is 7.36. The van der Waals surface area contributed by atoms with Crippen molar-refractivity contribution in [2.75, 3.05) is 10.8 Å². The summed E-state index contributed by atoms with van der Waals surface area (Å²) in [4.78, 5) is 0.223. The van der Waals surface area contributed by atoms with E-state index in [0.29, 0.717) is 17.7 Å². The lowest BCUT2D eigenvalue weighted by molar-refractivity contribution is 0.592. The summed E-state index contributed by atoms with van der Waals surface area (Å²) >= 11 is 0. The van der Waals surface area contributed by atoms with E-state index in [1.165, 1.54) is 22.5 Å². The molecule has 0 atom stereocenters. The predicted octanol–water partition coefficient (Wildman–Crippen LogP) is 1.70. The molecule has 2 N–H and O–H groups in total. The molecule has 24 heavy (non-hydrogen) atoms. The van der Waals surface area contributed by atoms with Gasteiger partial charge in [-0.25, -0.2) is 22.0 Å². The number of anilines is 1. The Hall–Kier alpha value is -1.90. The van der Waals surface area contributed by atoms with Crippen LogP contribution in [0.5, 0.6) is 0 Å². The highest BCUT2D eigenvalue weighted by atomic mass is 32.2. The molecule has 128 valence electrons. The van der Waals surface area contributed by atoms with Gasteiger partial charge in [0, 0.05) is 6.54 Å². The predicted molar refractivity (Wildman–Crippen MR) is 92.0 cm³/mol. The maximum Gasteiger partial charge on any atom is 0.264 e. The smallest absolute Gasteiger partial charge is 0.264 e. The van der Waals surface area contributed by atoms with Gasteiger partial charge < -0.3 is 0 Å². The van der Waals surface area contributed by atoms with E-state index in [4.69, 9.17) is 5.14 Å². The Labute approximate surface area is 142 Å². The van der Waals surface area contributed by atoms with E-state index in [1.54, 1.807) is 18.2 Å². The van der Waals surface area contributed by atoms with Gasteiger partial charge in [-0.1, -0.05) is 6.07 Å². The van der Waals surface area contributed by atoms with E-state index < -0.39 is 20.0 Å². The van der Waals surface area contributed by atoms with Gasteiger partial charge >= 0.3 is 0 Å². The summed E-state index contributed by atoms with van der Waals surface area (Å²) < 4.78 is 50.1. The topological polar surface area (TPSA) is 97.5 Å². The number of hydrogen-bond acceptors (Lipinski definition) is 4. The Bertz CT molecular complexity index is 1030. The van der Waals surface area contributed by atoms with Gasteiger partial charge in [0.1, 0.15) is 0 Å². The number of sulfonamides is 2. The minimum Gasteiger partial charge on any atom is -0.266 e. The second-order valence-electron chi connectivity index (χ2n) is 5.91. The van der Waals surface area contributed by atoms with E-state index in [0.717, 1.165) is 11.1 Å². The van der Waals surface area contributed by atoms with Crippen LogP contribution in [0.2, 0.25) is 0 Å². The number of nitrogens with two attached hydrogens (primary N) is 1. The first-order chi connectivity index (χ1) is 11.1. The van der Waals surface area contributed by atoms with Crippen molar-refractivity contribution in [3.63, 3.8) is 0 Å². The van der Waals surface area contributed by atoms with Crippen LogP contribution in [0, 0.1) is 13.8 Å². The Kier molecular flexibility index (Phi) is 3.94. The van der Waals surface area contributed by atoms with Crippen molar-refractivity contribution in [1.82, 2.24) is 0 Å². The molecule has 0 bridgehead atoms. The number of nitrogens with zero attached hydrogens (tertiary/aromatic N) is 1. The molecule has 1 aliphatic rings. The number of fused-ring (bicyclic) bond motifs is 1. The fraction of sp³-hybridized carbons (Fsp3) is 0.250. The van der Waals surface area contributed by atoms with Gasteiger partial charge in [-0.05, 0) is 67.3 Å². The molecule has 2 aromatic rings. The highest BCUT2D eigenvalue weighted by Crippen LogP contribution is 2.34. The van der Waals surface area contributed by atoms with Crippen molar-refractivity contribution in [1.29, 1.82) is 0 Å². The van der Waals surface area contributed by atoms with Crippen LogP contribution in [0.4, 0.5) is 5.69 Å². The molecule has 3 rings (SSSR count). The highest BCUT2D eigenvalue weighted by Gasteiger charge is 2.31. The molecule has 1 heterocycles. The maximum atomic E-state index is 12.9. The van der Waals surface area contributed by atoms with Crippen molar-refractivity contribution in [2.24, 2.45) is 5.14 Å².